The predicted molar refractivity (Wildman–Crippen MR) is 87.0 cm³/mol. The van der Waals surface area contributed by atoms with E-state index in [-0.39, 0.29) is 21.6 Å². The molecule has 0 aliphatic rings. The summed E-state index contributed by atoms with van der Waals surface area (Å²) in [6.45, 7) is 7.53. The molecule has 0 aromatic heterocycles. The minimum Gasteiger partial charge on any atom is -0.598 e. The molecule has 2 atom stereocenters. The van der Waals surface area contributed by atoms with Crippen molar-refractivity contribution in [1.29, 1.82) is 0 Å². The lowest BCUT2D eigenvalue weighted by atomic mass is 10.1. The highest BCUT2D eigenvalue weighted by Crippen LogP contribution is 2.30. The maximum Gasteiger partial charge on any atom is 0.278 e. The number of hydrogen-bond acceptors (Lipinski definition) is 3. The number of rotatable bonds is 6. The molecule has 0 saturated carbocycles. The highest BCUT2D eigenvalue weighted by molar-refractivity contribution is 7.90. The molecule has 0 heterocycles. The molecule has 0 bridgehead atoms. The van der Waals surface area contributed by atoms with Gasteiger partial charge in [0.1, 0.15) is 10.5 Å². The summed E-state index contributed by atoms with van der Waals surface area (Å²) >= 11 is 4.84. The SMILES string of the molecule is C[C@@H](N[S+]([O-])C(C)(C)C)c1ccc(OCC(C)(F)F)c(Cl)c1. The fourth-order valence-electron chi connectivity index (χ4n) is 1.51. The largest absolute Gasteiger partial charge is 0.598 e. The van der Waals surface area contributed by atoms with Crippen LogP contribution in [-0.4, -0.2) is 21.8 Å². The Labute approximate surface area is 138 Å². The van der Waals surface area contributed by atoms with E-state index in [0.29, 0.717) is 0 Å². The fourth-order valence-corrected chi connectivity index (χ4v) is 2.57. The minimum absolute atomic E-state index is 0.195. The molecule has 0 radical (unpaired) electrons. The first-order valence-corrected chi connectivity index (χ1v) is 8.41. The Bertz CT molecular complexity index is 503. The highest BCUT2D eigenvalue weighted by Gasteiger charge is 2.28. The van der Waals surface area contributed by atoms with Gasteiger partial charge >= 0.3 is 0 Å². The van der Waals surface area contributed by atoms with Gasteiger partial charge < -0.3 is 9.29 Å². The van der Waals surface area contributed by atoms with Gasteiger partial charge in [-0.1, -0.05) is 17.7 Å². The van der Waals surface area contributed by atoms with E-state index in [2.05, 4.69) is 4.72 Å². The minimum atomic E-state index is -2.92. The maximum atomic E-state index is 12.8. The number of nitrogens with one attached hydrogen (secondary N) is 1. The number of alkyl halides is 2. The predicted octanol–water partition coefficient (Wildman–Crippen LogP) is 4.49. The molecule has 1 N–H and O–H groups in total. The molecule has 22 heavy (non-hydrogen) atoms. The second-order valence-electron chi connectivity index (χ2n) is 6.27. The first kappa shape index (κ1) is 19.5. The van der Waals surface area contributed by atoms with Gasteiger partial charge in [0, 0.05) is 18.3 Å². The monoisotopic (exact) mass is 353 g/mol. The molecular formula is C15H22ClF2NO2S. The van der Waals surface area contributed by atoms with Crippen LogP contribution in [-0.2, 0) is 11.4 Å². The summed E-state index contributed by atoms with van der Waals surface area (Å²) in [5, 5.41) is 0.247. The molecule has 0 saturated heterocycles. The van der Waals surface area contributed by atoms with Crippen LogP contribution >= 0.6 is 11.6 Å². The van der Waals surface area contributed by atoms with E-state index < -0.39 is 23.9 Å². The van der Waals surface area contributed by atoms with Gasteiger partial charge in [0.25, 0.3) is 5.92 Å². The third-order valence-electron chi connectivity index (χ3n) is 2.78. The molecule has 1 unspecified atom stereocenters. The van der Waals surface area contributed by atoms with E-state index >= 15 is 0 Å². The molecule has 1 rings (SSSR count). The Morgan fingerprint density at radius 3 is 2.36 bits per heavy atom. The summed E-state index contributed by atoms with van der Waals surface area (Å²) in [4.78, 5) is 0. The van der Waals surface area contributed by atoms with Crippen LogP contribution < -0.4 is 9.46 Å². The molecular weight excluding hydrogens is 332 g/mol. The smallest absolute Gasteiger partial charge is 0.278 e. The quantitative estimate of drug-likeness (QED) is 0.766. The molecule has 1 aromatic carbocycles. The summed E-state index contributed by atoms with van der Waals surface area (Å²) in [5.41, 5.74) is 0.804. The van der Waals surface area contributed by atoms with Crippen LogP contribution in [0, 0.1) is 0 Å². The standard InChI is InChI=1S/C15H22ClF2NO2S/c1-10(19-22(20)14(2,3)4)11-6-7-13(12(16)8-11)21-9-15(5,17)18/h6-8,10,19H,9H2,1-5H3/t10-,22?/m1/s1. The zero-order valence-electron chi connectivity index (χ0n) is 13.4. The van der Waals surface area contributed by atoms with Gasteiger partial charge in [-0.05, 0) is 45.4 Å². The lowest BCUT2D eigenvalue weighted by molar-refractivity contribution is -0.0229. The summed E-state index contributed by atoms with van der Waals surface area (Å²) in [7, 11) is 0. The van der Waals surface area contributed by atoms with Crippen molar-refractivity contribution in [3.63, 3.8) is 0 Å². The molecule has 1 aromatic rings. The lowest BCUT2D eigenvalue weighted by Gasteiger charge is -2.26. The van der Waals surface area contributed by atoms with E-state index in [1.807, 2.05) is 27.7 Å². The Balaban J connectivity index is 2.76. The summed E-state index contributed by atoms with van der Waals surface area (Å²) in [6, 6.07) is 4.69. The summed E-state index contributed by atoms with van der Waals surface area (Å²) in [6.07, 6.45) is 0. The maximum absolute atomic E-state index is 12.8. The molecule has 0 aliphatic heterocycles. The van der Waals surface area contributed by atoms with Crippen molar-refractivity contribution in [2.24, 2.45) is 0 Å². The first-order chi connectivity index (χ1) is 9.90. The van der Waals surface area contributed by atoms with Crippen molar-refractivity contribution in [2.75, 3.05) is 6.61 Å². The van der Waals surface area contributed by atoms with Crippen LogP contribution in [0.5, 0.6) is 5.75 Å². The van der Waals surface area contributed by atoms with Gasteiger partial charge in [0.15, 0.2) is 6.61 Å². The number of ether oxygens (including phenoxy) is 1. The van der Waals surface area contributed by atoms with Crippen LogP contribution in [0.25, 0.3) is 0 Å². The van der Waals surface area contributed by atoms with Gasteiger partial charge in [-0.2, -0.15) is 0 Å². The fraction of sp³-hybridized carbons (Fsp3) is 0.600. The van der Waals surface area contributed by atoms with Gasteiger partial charge in [0.2, 0.25) is 0 Å². The normalized spacial score (nSPS) is 15.5. The van der Waals surface area contributed by atoms with Crippen LogP contribution in [0.1, 0.15) is 46.2 Å². The van der Waals surface area contributed by atoms with Crippen LogP contribution in [0.3, 0.4) is 0 Å². The van der Waals surface area contributed by atoms with Crippen molar-refractivity contribution in [3.8, 4) is 5.75 Å². The Morgan fingerprint density at radius 2 is 1.91 bits per heavy atom. The van der Waals surface area contributed by atoms with E-state index in [1.54, 1.807) is 18.2 Å². The van der Waals surface area contributed by atoms with Crippen LogP contribution in [0.4, 0.5) is 8.78 Å². The zero-order chi connectivity index (χ0) is 17.1. The molecule has 3 nitrogen and oxygen atoms in total. The molecule has 0 spiro atoms. The zero-order valence-corrected chi connectivity index (χ0v) is 14.9. The van der Waals surface area contributed by atoms with Gasteiger partial charge in [-0.15, -0.1) is 4.72 Å². The van der Waals surface area contributed by atoms with E-state index in [0.717, 1.165) is 12.5 Å². The highest BCUT2D eigenvalue weighted by atomic mass is 35.5. The summed E-state index contributed by atoms with van der Waals surface area (Å²) in [5.74, 6) is -2.71. The first-order valence-electron chi connectivity index (χ1n) is 6.88. The average Bonchev–Trinajstić information content (AvgIpc) is 2.34. The second-order valence-corrected chi connectivity index (χ2v) is 8.67. The lowest BCUT2D eigenvalue weighted by Crippen LogP contribution is -2.40. The molecule has 126 valence electrons. The van der Waals surface area contributed by atoms with E-state index in [4.69, 9.17) is 16.3 Å². The van der Waals surface area contributed by atoms with Crippen molar-refractivity contribution in [1.82, 2.24) is 4.72 Å². The van der Waals surface area contributed by atoms with E-state index in [9.17, 15) is 13.3 Å². The van der Waals surface area contributed by atoms with Gasteiger partial charge in [-0.3, -0.25) is 0 Å². The van der Waals surface area contributed by atoms with Gasteiger partial charge in [0.05, 0.1) is 11.1 Å². The van der Waals surface area contributed by atoms with E-state index in [1.165, 1.54) is 0 Å². The van der Waals surface area contributed by atoms with Crippen molar-refractivity contribution in [2.45, 2.75) is 51.3 Å². The Kier molecular flexibility index (Phi) is 6.50. The molecule has 7 heteroatoms. The third kappa shape index (κ3) is 6.28. The molecule has 0 fully saturated rings. The van der Waals surface area contributed by atoms with Gasteiger partial charge in [-0.25, -0.2) is 8.78 Å². The number of hydrogen-bond donors (Lipinski definition) is 1. The van der Waals surface area contributed by atoms with Crippen LogP contribution in [0.2, 0.25) is 5.02 Å². The van der Waals surface area contributed by atoms with Crippen molar-refractivity contribution >= 4 is 23.0 Å². The Morgan fingerprint density at radius 1 is 1.32 bits per heavy atom. The average molecular weight is 354 g/mol. The number of benzene rings is 1. The molecule has 0 amide bonds. The van der Waals surface area contributed by atoms with Crippen molar-refractivity contribution in [3.05, 3.63) is 28.8 Å². The third-order valence-corrected chi connectivity index (χ3v) is 4.75. The Hall–Kier alpha value is -0.560. The summed E-state index contributed by atoms with van der Waals surface area (Å²) < 4.78 is 45.3. The number of halogens is 3. The van der Waals surface area contributed by atoms with Crippen molar-refractivity contribution < 1.29 is 18.1 Å². The molecule has 0 aliphatic carbocycles. The topological polar surface area (TPSA) is 44.3 Å². The van der Waals surface area contributed by atoms with Crippen LogP contribution in [0.15, 0.2) is 18.2 Å². The second kappa shape index (κ2) is 7.34.